The summed E-state index contributed by atoms with van der Waals surface area (Å²) in [6.45, 7) is 3.94. The van der Waals surface area contributed by atoms with Gasteiger partial charge in [-0.15, -0.1) is 0 Å². The third kappa shape index (κ3) is 4.10. The summed E-state index contributed by atoms with van der Waals surface area (Å²) in [5.41, 5.74) is 3.19. The number of anilines is 1. The predicted molar refractivity (Wildman–Crippen MR) is 92.7 cm³/mol. The molecule has 0 aliphatic heterocycles. The molecule has 0 heterocycles. The Morgan fingerprint density at radius 3 is 2.39 bits per heavy atom. The van der Waals surface area contributed by atoms with Crippen LogP contribution in [0.5, 0.6) is 0 Å². The summed E-state index contributed by atoms with van der Waals surface area (Å²) in [5.74, 6) is -0.428. The molecule has 2 aromatic carbocycles. The first-order valence-corrected chi connectivity index (χ1v) is 7.22. The average molecular weight is 329 g/mol. The van der Waals surface area contributed by atoms with Crippen LogP contribution in [0.4, 0.5) is 11.4 Å². The van der Waals surface area contributed by atoms with Gasteiger partial charge in [-0.1, -0.05) is 12.1 Å². The summed E-state index contributed by atoms with van der Waals surface area (Å²) in [5, 5.41) is 16.3. The van der Waals surface area contributed by atoms with E-state index in [1.54, 1.807) is 0 Å². The highest BCUT2D eigenvalue weighted by atomic mass is 32.1. The van der Waals surface area contributed by atoms with Gasteiger partial charge in [-0.25, -0.2) is 0 Å². The smallest absolute Gasteiger partial charge is 0.269 e. The second-order valence-corrected chi connectivity index (χ2v) is 5.37. The molecule has 118 valence electrons. The molecular formula is C16H15N3O3S. The topological polar surface area (TPSA) is 84.3 Å². The zero-order valence-corrected chi connectivity index (χ0v) is 13.4. The van der Waals surface area contributed by atoms with Gasteiger partial charge in [0.25, 0.3) is 11.6 Å². The maximum atomic E-state index is 12.1. The van der Waals surface area contributed by atoms with Gasteiger partial charge in [0.15, 0.2) is 5.11 Å². The summed E-state index contributed by atoms with van der Waals surface area (Å²) < 4.78 is 0. The third-order valence-electron chi connectivity index (χ3n) is 3.42. The van der Waals surface area contributed by atoms with E-state index in [1.165, 1.54) is 24.3 Å². The number of hydrogen-bond donors (Lipinski definition) is 2. The molecule has 0 aliphatic rings. The van der Waals surface area contributed by atoms with Gasteiger partial charge in [0.2, 0.25) is 0 Å². The zero-order valence-electron chi connectivity index (χ0n) is 12.6. The second-order valence-electron chi connectivity index (χ2n) is 4.96. The van der Waals surface area contributed by atoms with E-state index >= 15 is 0 Å². The molecule has 2 rings (SSSR count). The van der Waals surface area contributed by atoms with Crippen molar-refractivity contribution in [2.24, 2.45) is 0 Å². The van der Waals surface area contributed by atoms with Crippen molar-refractivity contribution < 1.29 is 9.72 Å². The molecule has 2 aromatic rings. The number of hydrogen-bond acceptors (Lipinski definition) is 4. The number of non-ortho nitro benzene ring substituents is 1. The van der Waals surface area contributed by atoms with Crippen LogP contribution in [-0.4, -0.2) is 15.9 Å². The maximum Gasteiger partial charge on any atom is 0.269 e. The molecule has 0 unspecified atom stereocenters. The van der Waals surface area contributed by atoms with E-state index in [4.69, 9.17) is 12.2 Å². The van der Waals surface area contributed by atoms with Crippen molar-refractivity contribution in [3.63, 3.8) is 0 Å². The molecule has 0 aromatic heterocycles. The van der Waals surface area contributed by atoms with Gasteiger partial charge < -0.3 is 5.32 Å². The minimum atomic E-state index is -0.519. The van der Waals surface area contributed by atoms with Crippen LogP contribution in [0, 0.1) is 24.0 Å². The molecule has 0 saturated heterocycles. The van der Waals surface area contributed by atoms with Crippen LogP contribution in [0.2, 0.25) is 0 Å². The van der Waals surface area contributed by atoms with Crippen molar-refractivity contribution in [3.8, 4) is 0 Å². The van der Waals surface area contributed by atoms with E-state index in [2.05, 4.69) is 10.6 Å². The molecule has 0 radical (unpaired) electrons. The highest BCUT2D eigenvalue weighted by Gasteiger charge is 2.11. The first-order chi connectivity index (χ1) is 10.9. The Bertz CT molecular complexity index is 773. The lowest BCUT2D eigenvalue weighted by Gasteiger charge is -2.13. The van der Waals surface area contributed by atoms with Gasteiger partial charge in [-0.2, -0.15) is 0 Å². The number of carbonyl (C=O) groups is 1. The molecule has 1 amide bonds. The molecule has 0 fully saturated rings. The fraction of sp³-hybridized carbons (Fsp3) is 0.125. The fourth-order valence-electron chi connectivity index (χ4n) is 1.95. The third-order valence-corrected chi connectivity index (χ3v) is 3.62. The summed E-state index contributed by atoms with van der Waals surface area (Å²) in [7, 11) is 0. The standard InChI is InChI=1S/C16H15N3O3S/c1-10-4-3-5-14(11(10)2)17-16(23)18-15(20)12-6-8-13(9-7-12)19(21)22/h3-9H,1-2H3,(H2,17,18,20,23). The van der Waals surface area contributed by atoms with Crippen molar-refractivity contribution in [3.05, 3.63) is 69.3 Å². The van der Waals surface area contributed by atoms with Crippen LogP contribution in [0.1, 0.15) is 21.5 Å². The van der Waals surface area contributed by atoms with Crippen LogP contribution >= 0.6 is 12.2 Å². The number of nitrogens with zero attached hydrogens (tertiary/aromatic N) is 1. The highest BCUT2D eigenvalue weighted by Crippen LogP contribution is 2.18. The van der Waals surface area contributed by atoms with E-state index in [0.717, 1.165) is 16.8 Å². The number of amides is 1. The second kappa shape index (κ2) is 6.97. The van der Waals surface area contributed by atoms with E-state index < -0.39 is 10.8 Å². The Morgan fingerprint density at radius 2 is 1.78 bits per heavy atom. The number of carbonyl (C=O) groups excluding carboxylic acids is 1. The largest absolute Gasteiger partial charge is 0.332 e. The monoisotopic (exact) mass is 329 g/mol. The molecule has 6 nitrogen and oxygen atoms in total. The van der Waals surface area contributed by atoms with Crippen LogP contribution in [-0.2, 0) is 0 Å². The van der Waals surface area contributed by atoms with Crippen molar-refractivity contribution in [2.45, 2.75) is 13.8 Å². The van der Waals surface area contributed by atoms with Gasteiger partial charge in [0, 0.05) is 23.4 Å². The minimum absolute atomic E-state index is 0.0716. The van der Waals surface area contributed by atoms with Crippen molar-refractivity contribution >= 4 is 34.6 Å². The lowest BCUT2D eigenvalue weighted by molar-refractivity contribution is -0.384. The number of nitrogens with one attached hydrogen (secondary N) is 2. The van der Waals surface area contributed by atoms with Crippen molar-refractivity contribution in [2.75, 3.05) is 5.32 Å². The Hall–Kier alpha value is -2.80. The van der Waals surface area contributed by atoms with Crippen LogP contribution < -0.4 is 10.6 Å². The Kier molecular flexibility index (Phi) is 5.02. The van der Waals surface area contributed by atoms with Crippen molar-refractivity contribution in [1.29, 1.82) is 0 Å². The summed E-state index contributed by atoms with van der Waals surface area (Å²) >= 11 is 5.13. The number of benzene rings is 2. The molecule has 0 saturated carbocycles. The quantitative estimate of drug-likeness (QED) is 0.512. The average Bonchev–Trinajstić information content (AvgIpc) is 2.52. The summed E-state index contributed by atoms with van der Waals surface area (Å²) in [6.07, 6.45) is 0. The number of aryl methyl sites for hydroxylation is 1. The number of nitro benzene ring substituents is 1. The summed E-state index contributed by atoms with van der Waals surface area (Å²) in [6, 6.07) is 11.1. The van der Waals surface area contributed by atoms with Gasteiger partial charge >= 0.3 is 0 Å². The number of nitro groups is 1. The van der Waals surface area contributed by atoms with Gasteiger partial charge in [-0.05, 0) is 55.4 Å². The van der Waals surface area contributed by atoms with E-state index in [0.29, 0.717) is 5.56 Å². The zero-order chi connectivity index (χ0) is 17.0. The maximum absolute atomic E-state index is 12.1. The Labute approximate surface area is 138 Å². The van der Waals surface area contributed by atoms with Gasteiger partial charge in [0.05, 0.1) is 4.92 Å². The van der Waals surface area contributed by atoms with Crippen LogP contribution in [0.3, 0.4) is 0 Å². The lowest BCUT2D eigenvalue weighted by Crippen LogP contribution is -2.34. The van der Waals surface area contributed by atoms with Crippen LogP contribution in [0.15, 0.2) is 42.5 Å². The van der Waals surface area contributed by atoms with Crippen LogP contribution in [0.25, 0.3) is 0 Å². The van der Waals surface area contributed by atoms with Crippen molar-refractivity contribution in [1.82, 2.24) is 5.32 Å². The first kappa shape index (κ1) is 16.6. The van der Waals surface area contributed by atoms with E-state index in [1.807, 2.05) is 32.0 Å². The predicted octanol–water partition coefficient (Wildman–Crippen LogP) is 3.34. The fourth-order valence-corrected chi connectivity index (χ4v) is 2.15. The van der Waals surface area contributed by atoms with Gasteiger partial charge in [0.1, 0.15) is 0 Å². The van der Waals surface area contributed by atoms with E-state index in [-0.39, 0.29) is 10.8 Å². The van der Waals surface area contributed by atoms with E-state index in [9.17, 15) is 14.9 Å². The molecule has 2 N–H and O–H groups in total. The molecule has 7 heteroatoms. The molecule has 0 bridgehead atoms. The SMILES string of the molecule is Cc1cccc(NC(=S)NC(=O)c2ccc([N+](=O)[O-])cc2)c1C. The molecule has 0 spiro atoms. The first-order valence-electron chi connectivity index (χ1n) is 6.81. The molecular weight excluding hydrogens is 314 g/mol. The Balaban J connectivity index is 2.03. The molecule has 0 aliphatic carbocycles. The number of thiocarbonyl (C=S) groups is 1. The minimum Gasteiger partial charge on any atom is -0.332 e. The lowest BCUT2D eigenvalue weighted by atomic mass is 10.1. The Morgan fingerprint density at radius 1 is 1.13 bits per heavy atom. The molecule has 23 heavy (non-hydrogen) atoms. The van der Waals surface area contributed by atoms with Gasteiger partial charge in [-0.3, -0.25) is 20.2 Å². The summed E-state index contributed by atoms with van der Waals surface area (Å²) in [4.78, 5) is 22.1. The normalized spacial score (nSPS) is 10.0. The molecule has 0 atom stereocenters. The number of rotatable bonds is 3. The highest BCUT2D eigenvalue weighted by molar-refractivity contribution is 7.80.